The lowest BCUT2D eigenvalue weighted by molar-refractivity contribution is -0.157. The van der Waals surface area contributed by atoms with Crippen molar-refractivity contribution < 1.29 is 33.7 Å². The van der Waals surface area contributed by atoms with Crippen molar-refractivity contribution in [3.8, 4) is 5.75 Å². The van der Waals surface area contributed by atoms with Gasteiger partial charge in [0, 0.05) is 18.2 Å². The zero-order chi connectivity index (χ0) is 34.4. The molecule has 0 atom stereocenters. The van der Waals surface area contributed by atoms with Crippen LogP contribution in [0.1, 0.15) is 72.4 Å². The van der Waals surface area contributed by atoms with Crippen LogP contribution < -0.4 is 0 Å². The second-order valence-electron chi connectivity index (χ2n) is 11.4. The fraction of sp³-hybridized carbons (Fsp3) is 0.324. The average Bonchev–Trinajstić information content (AvgIpc) is 2.96. The van der Waals surface area contributed by atoms with E-state index < -0.39 is 28.7 Å². The number of ether oxygens (including phenoxy) is 3. The van der Waals surface area contributed by atoms with Crippen LogP contribution in [-0.4, -0.2) is 39.8 Å². The highest BCUT2D eigenvalue weighted by Gasteiger charge is 2.28. The number of phenolic OH excluding ortho intramolecular Hbond substituents is 1. The molecule has 2 aromatic rings. The van der Waals surface area contributed by atoms with E-state index in [0.717, 1.165) is 23.8 Å². The third-order valence-corrected chi connectivity index (χ3v) is 5.15. The Labute approximate surface area is 264 Å². The summed E-state index contributed by atoms with van der Waals surface area (Å²) in [7, 11) is 0. The maximum atomic E-state index is 11.1. The maximum absolute atomic E-state index is 11.1. The highest BCUT2D eigenvalue weighted by Crippen LogP contribution is 2.25. The summed E-state index contributed by atoms with van der Waals surface area (Å²) in [5.74, 6) is -0.995. The Morgan fingerprint density at radius 3 is 1.20 bits per heavy atom. The van der Waals surface area contributed by atoms with Crippen molar-refractivity contribution >= 4 is 30.1 Å². The Morgan fingerprint density at radius 1 is 0.591 bits per heavy atom. The number of hydrogen-bond donors (Lipinski definition) is 1. The minimum Gasteiger partial charge on any atom is -0.508 e. The Kier molecular flexibility index (Phi) is 19.9. The molecule has 0 aromatic heterocycles. The zero-order valence-corrected chi connectivity index (χ0v) is 27.4. The Hall–Kier alpha value is -4.65. The second kappa shape index (κ2) is 21.1. The molecule has 0 aliphatic rings. The molecule has 0 spiro atoms. The summed E-state index contributed by atoms with van der Waals surface area (Å²) in [6.07, 6.45) is 8.13. The van der Waals surface area contributed by atoms with Crippen molar-refractivity contribution in [3.05, 3.63) is 117 Å². The van der Waals surface area contributed by atoms with Crippen LogP contribution in [0.4, 0.5) is 0 Å². The van der Waals surface area contributed by atoms with Gasteiger partial charge in [-0.05, 0) is 84.6 Å². The van der Waals surface area contributed by atoms with E-state index in [1.165, 1.54) is 5.56 Å². The predicted molar refractivity (Wildman–Crippen MR) is 181 cm³/mol. The summed E-state index contributed by atoms with van der Waals surface area (Å²) in [6.45, 7) is 29.8. The van der Waals surface area contributed by atoms with Gasteiger partial charge in [-0.1, -0.05) is 87.5 Å². The highest BCUT2D eigenvalue weighted by atomic mass is 16.6. The lowest BCUT2D eigenvalue weighted by Gasteiger charge is -2.30. The van der Waals surface area contributed by atoms with Gasteiger partial charge in [0.15, 0.2) is 0 Å². The molecule has 240 valence electrons. The zero-order valence-electron chi connectivity index (χ0n) is 27.4. The normalized spacial score (nSPS) is 10.2. The number of carbonyl (C=O) groups is 3. The molecule has 2 rings (SSSR count). The molecule has 44 heavy (non-hydrogen) atoms. The molecule has 0 fully saturated rings. The minimum atomic E-state index is -0.622. The van der Waals surface area contributed by atoms with E-state index in [1.807, 2.05) is 69.3 Å². The van der Waals surface area contributed by atoms with Crippen LogP contribution in [0.5, 0.6) is 5.75 Å². The van der Waals surface area contributed by atoms with Crippen molar-refractivity contribution in [2.75, 3.05) is 0 Å². The number of aromatic hydroxyl groups is 1. The van der Waals surface area contributed by atoms with Crippen LogP contribution in [-0.2, 0) is 28.6 Å². The molecule has 0 aliphatic heterocycles. The first kappa shape index (κ1) is 41.5. The Morgan fingerprint density at radius 2 is 0.932 bits per heavy atom. The highest BCUT2D eigenvalue weighted by molar-refractivity contribution is 5.82. The molecule has 0 heterocycles. The fourth-order valence-electron chi connectivity index (χ4n) is 2.88. The van der Waals surface area contributed by atoms with Gasteiger partial charge in [0.2, 0.25) is 0 Å². The van der Waals surface area contributed by atoms with Crippen LogP contribution in [0, 0.1) is 0 Å². The van der Waals surface area contributed by atoms with Crippen LogP contribution in [0.25, 0.3) is 12.2 Å². The van der Waals surface area contributed by atoms with Gasteiger partial charge in [0.1, 0.15) is 22.6 Å². The first-order valence-corrected chi connectivity index (χ1v) is 14.0. The molecule has 0 bridgehead atoms. The number of benzene rings is 2. The smallest absolute Gasteiger partial charge is 0.330 e. The second-order valence-corrected chi connectivity index (χ2v) is 11.4. The van der Waals surface area contributed by atoms with Crippen molar-refractivity contribution in [1.82, 2.24) is 0 Å². The van der Waals surface area contributed by atoms with Gasteiger partial charge < -0.3 is 19.3 Å². The van der Waals surface area contributed by atoms with Gasteiger partial charge in [-0.3, -0.25) is 0 Å². The third-order valence-electron chi connectivity index (χ3n) is 5.15. The molecule has 1 N–H and O–H groups in total. The number of carbonyl (C=O) groups excluding carboxylic acids is 3. The van der Waals surface area contributed by atoms with Gasteiger partial charge in [-0.15, -0.1) is 0 Å². The van der Waals surface area contributed by atoms with E-state index in [4.69, 9.17) is 19.3 Å². The SMILES string of the molecule is C=CC(=O)OC(C)(C)C.C=CC(=O)OC(C)(C)CCC(C)(C)OC(=O)C=C.C=Cc1ccc(O)cc1.C=Cc1ccccc1. The number of rotatable bonds is 10. The van der Waals surface area contributed by atoms with Crippen molar-refractivity contribution in [3.63, 3.8) is 0 Å². The first-order chi connectivity index (χ1) is 20.3. The van der Waals surface area contributed by atoms with Crippen LogP contribution in [0.15, 0.2) is 106 Å². The molecule has 0 unspecified atom stereocenters. The van der Waals surface area contributed by atoms with Crippen molar-refractivity contribution in [2.24, 2.45) is 0 Å². The Balaban J connectivity index is 0. The number of phenols is 1. The predicted octanol–water partition coefficient (Wildman–Crippen LogP) is 8.66. The summed E-state index contributed by atoms with van der Waals surface area (Å²) >= 11 is 0. The largest absolute Gasteiger partial charge is 0.508 e. The molecule has 0 saturated heterocycles. The van der Waals surface area contributed by atoms with E-state index in [0.29, 0.717) is 18.6 Å². The average molecular weight is 607 g/mol. The fourth-order valence-corrected chi connectivity index (χ4v) is 2.88. The number of esters is 3. The summed E-state index contributed by atoms with van der Waals surface area (Å²) in [4.78, 5) is 32.8. The molecule has 2 aromatic carbocycles. The van der Waals surface area contributed by atoms with E-state index in [-0.39, 0.29) is 5.97 Å². The van der Waals surface area contributed by atoms with Crippen LogP contribution >= 0.6 is 0 Å². The van der Waals surface area contributed by atoms with Crippen LogP contribution in [0.2, 0.25) is 0 Å². The van der Waals surface area contributed by atoms with Gasteiger partial charge >= 0.3 is 17.9 Å². The van der Waals surface area contributed by atoms with Gasteiger partial charge in [-0.2, -0.15) is 0 Å². The number of hydrogen-bond acceptors (Lipinski definition) is 7. The molecule has 7 heteroatoms. The van der Waals surface area contributed by atoms with Crippen LogP contribution in [0.3, 0.4) is 0 Å². The lowest BCUT2D eigenvalue weighted by atomic mass is 9.93. The molecule has 0 amide bonds. The molecule has 7 nitrogen and oxygen atoms in total. The minimum absolute atomic E-state index is 0.292. The molecular weight excluding hydrogens is 556 g/mol. The molecule has 0 saturated carbocycles. The van der Waals surface area contributed by atoms with E-state index in [1.54, 1.807) is 45.9 Å². The monoisotopic (exact) mass is 606 g/mol. The van der Waals surface area contributed by atoms with Gasteiger partial charge in [-0.25, -0.2) is 14.4 Å². The van der Waals surface area contributed by atoms with E-state index in [2.05, 4.69) is 32.9 Å². The summed E-state index contributed by atoms with van der Waals surface area (Å²) in [5, 5.41) is 8.82. The van der Waals surface area contributed by atoms with E-state index in [9.17, 15) is 14.4 Å². The molecule has 0 aliphatic carbocycles. The first-order valence-electron chi connectivity index (χ1n) is 14.0. The molecule has 0 radical (unpaired) electrons. The lowest BCUT2D eigenvalue weighted by Crippen LogP contribution is -2.33. The van der Waals surface area contributed by atoms with Gasteiger partial charge in [0.05, 0.1) is 0 Å². The van der Waals surface area contributed by atoms with Gasteiger partial charge in [0.25, 0.3) is 0 Å². The van der Waals surface area contributed by atoms with Crippen molar-refractivity contribution in [1.29, 1.82) is 0 Å². The topological polar surface area (TPSA) is 99.1 Å². The standard InChI is InChI=1S/C14H22O4.C8H8O.C8H8.C7H12O2/c1-7-11(15)17-13(3,4)9-10-14(5,6)18-12(16)8-2;1-2-7-3-5-8(9)6-4-7;1-2-8-6-4-3-5-7-8;1-5-6(8)9-7(2,3)4/h7-8H,1-2,9-10H2,3-6H3;2-6,9H,1H2;2-7H,1H2;5H,1H2,2-4H3. The Bertz CT molecular complexity index is 1160. The quantitative estimate of drug-likeness (QED) is 0.164. The summed E-state index contributed by atoms with van der Waals surface area (Å²) in [5.41, 5.74) is 0.553. The van der Waals surface area contributed by atoms with E-state index >= 15 is 0 Å². The molecular formula is C37H50O7. The van der Waals surface area contributed by atoms with Crippen molar-refractivity contribution in [2.45, 2.75) is 78.1 Å². The summed E-state index contributed by atoms with van der Waals surface area (Å²) in [6, 6.07) is 16.9. The summed E-state index contributed by atoms with van der Waals surface area (Å²) < 4.78 is 15.2. The third kappa shape index (κ3) is 24.0. The maximum Gasteiger partial charge on any atom is 0.330 e.